The number of nitrogens with two attached hydrogens (primary N) is 1. The molecule has 18 heavy (non-hydrogen) atoms. The average molecular weight is 280 g/mol. The number of hydrogen-bond acceptors (Lipinski definition) is 5. The molecule has 0 atom stereocenters. The Bertz CT molecular complexity index is 698. The molecular weight excluding hydrogens is 270 g/mol. The second-order valence-corrected chi connectivity index (χ2v) is 5.23. The molecule has 3 aromatic heterocycles. The van der Waals surface area contributed by atoms with Gasteiger partial charge in [0, 0.05) is 6.20 Å². The first-order valence-corrected chi connectivity index (χ1v) is 6.58. The number of rotatable bonds is 2. The van der Waals surface area contributed by atoms with Gasteiger partial charge in [0.1, 0.15) is 17.2 Å². The van der Waals surface area contributed by atoms with Crippen molar-refractivity contribution in [1.82, 2.24) is 19.7 Å². The van der Waals surface area contributed by atoms with Crippen molar-refractivity contribution >= 4 is 39.0 Å². The van der Waals surface area contributed by atoms with Crippen LogP contribution in [0.2, 0.25) is 5.02 Å². The van der Waals surface area contributed by atoms with E-state index in [4.69, 9.17) is 17.3 Å². The maximum atomic E-state index is 5.96. The van der Waals surface area contributed by atoms with Crippen molar-refractivity contribution in [2.45, 2.75) is 13.5 Å². The summed E-state index contributed by atoms with van der Waals surface area (Å²) in [5.41, 5.74) is 6.68. The van der Waals surface area contributed by atoms with Crippen molar-refractivity contribution in [1.29, 1.82) is 0 Å². The Morgan fingerprint density at radius 1 is 1.44 bits per heavy atom. The summed E-state index contributed by atoms with van der Waals surface area (Å²) in [7, 11) is 0. The average Bonchev–Trinajstić information content (AvgIpc) is 2.87. The van der Waals surface area contributed by atoms with E-state index in [0.717, 1.165) is 15.9 Å². The summed E-state index contributed by atoms with van der Waals surface area (Å²) < 4.78 is 1.71. The summed E-state index contributed by atoms with van der Waals surface area (Å²) >= 11 is 7.51. The first kappa shape index (κ1) is 11.4. The quantitative estimate of drug-likeness (QED) is 0.782. The van der Waals surface area contributed by atoms with E-state index < -0.39 is 0 Å². The highest BCUT2D eigenvalue weighted by Gasteiger charge is 2.08. The molecule has 0 aromatic carbocycles. The Morgan fingerprint density at radius 2 is 2.28 bits per heavy atom. The van der Waals surface area contributed by atoms with Gasteiger partial charge in [-0.2, -0.15) is 5.10 Å². The zero-order valence-electron chi connectivity index (χ0n) is 9.59. The molecule has 0 aliphatic rings. The van der Waals surface area contributed by atoms with Gasteiger partial charge in [-0.1, -0.05) is 11.6 Å². The van der Waals surface area contributed by atoms with Gasteiger partial charge in [-0.05, 0) is 18.4 Å². The van der Waals surface area contributed by atoms with Crippen molar-refractivity contribution < 1.29 is 0 Å². The fraction of sp³-hybridized carbons (Fsp3) is 0.182. The van der Waals surface area contributed by atoms with Crippen molar-refractivity contribution in [3.05, 3.63) is 34.2 Å². The van der Waals surface area contributed by atoms with E-state index in [1.807, 2.05) is 18.4 Å². The van der Waals surface area contributed by atoms with Crippen molar-refractivity contribution in [3.63, 3.8) is 0 Å². The van der Waals surface area contributed by atoms with Crippen LogP contribution in [0.5, 0.6) is 0 Å². The molecule has 0 fully saturated rings. The highest BCUT2D eigenvalue weighted by atomic mass is 35.5. The third-order valence-electron chi connectivity index (χ3n) is 2.59. The molecule has 0 radical (unpaired) electrons. The van der Waals surface area contributed by atoms with Gasteiger partial charge >= 0.3 is 0 Å². The smallest absolute Gasteiger partial charge is 0.153 e. The number of aryl methyl sites for hydroxylation is 1. The Balaban J connectivity index is 1.99. The Hall–Kier alpha value is -1.66. The second-order valence-electron chi connectivity index (χ2n) is 3.92. The predicted molar refractivity (Wildman–Crippen MR) is 72.9 cm³/mol. The van der Waals surface area contributed by atoms with Crippen LogP contribution in [0.3, 0.4) is 0 Å². The number of nitrogens with zero attached hydrogens (tertiary/aromatic N) is 4. The highest BCUT2D eigenvalue weighted by molar-refractivity contribution is 7.16. The normalized spacial score (nSPS) is 11.2. The number of fused-ring (bicyclic) bond motifs is 1. The molecule has 0 amide bonds. The number of hydrogen-bond donors (Lipinski definition) is 1. The van der Waals surface area contributed by atoms with Crippen molar-refractivity contribution in [2.75, 3.05) is 5.73 Å². The van der Waals surface area contributed by atoms with Crippen LogP contribution in [-0.4, -0.2) is 19.7 Å². The first-order chi connectivity index (χ1) is 8.63. The lowest BCUT2D eigenvalue weighted by Crippen LogP contribution is -2.06. The number of aromatic nitrogens is 4. The Kier molecular flexibility index (Phi) is 2.68. The molecule has 0 saturated heterocycles. The minimum absolute atomic E-state index is 0.464. The summed E-state index contributed by atoms with van der Waals surface area (Å²) in [5, 5.41) is 7.76. The maximum absolute atomic E-state index is 5.96. The van der Waals surface area contributed by atoms with Crippen LogP contribution in [0.4, 0.5) is 5.82 Å². The Labute approximate surface area is 112 Å². The van der Waals surface area contributed by atoms with Crippen LogP contribution in [0.1, 0.15) is 11.5 Å². The second kappa shape index (κ2) is 4.22. The summed E-state index contributed by atoms with van der Waals surface area (Å²) in [5.74, 6) is 1.15. The zero-order chi connectivity index (χ0) is 12.7. The fourth-order valence-corrected chi connectivity index (χ4v) is 2.66. The van der Waals surface area contributed by atoms with E-state index in [1.54, 1.807) is 22.2 Å². The molecular formula is C11H10ClN5S. The molecule has 0 saturated carbocycles. The molecule has 2 N–H and O–H groups in total. The van der Waals surface area contributed by atoms with E-state index in [9.17, 15) is 0 Å². The molecule has 0 aliphatic carbocycles. The molecule has 3 aromatic rings. The highest BCUT2D eigenvalue weighted by Crippen LogP contribution is 2.23. The van der Waals surface area contributed by atoms with Crippen LogP contribution >= 0.6 is 22.9 Å². The molecule has 0 unspecified atom stereocenters. The molecule has 0 spiro atoms. The molecule has 0 aliphatic heterocycles. The number of thiophene rings is 1. The van der Waals surface area contributed by atoms with Crippen LogP contribution in [0.25, 0.3) is 10.2 Å². The summed E-state index contributed by atoms with van der Waals surface area (Å²) in [6, 6.07) is 1.92. The van der Waals surface area contributed by atoms with E-state index in [-0.39, 0.29) is 0 Å². The lowest BCUT2D eigenvalue weighted by molar-refractivity contribution is 0.653. The van der Waals surface area contributed by atoms with E-state index in [0.29, 0.717) is 23.2 Å². The van der Waals surface area contributed by atoms with Crippen LogP contribution < -0.4 is 5.73 Å². The van der Waals surface area contributed by atoms with Crippen LogP contribution in [-0.2, 0) is 6.54 Å². The number of anilines is 1. The van der Waals surface area contributed by atoms with Gasteiger partial charge in [0.05, 0.1) is 16.1 Å². The van der Waals surface area contributed by atoms with Gasteiger partial charge < -0.3 is 5.73 Å². The minimum atomic E-state index is 0.464. The molecule has 0 bridgehead atoms. The van der Waals surface area contributed by atoms with E-state index >= 15 is 0 Å². The first-order valence-electron chi connectivity index (χ1n) is 5.32. The summed E-state index contributed by atoms with van der Waals surface area (Å²) in [4.78, 5) is 9.63. The SMILES string of the molecule is Cc1nn(Cc2nc(N)c3ccsc3n2)cc1Cl. The van der Waals surface area contributed by atoms with Gasteiger partial charge in [-0.3, -0.25) is 4.68 Å². The summed E-state index contributed by atoms with van der Waals surface area (Å²) in [6.45, 7) is 2.32. The van der Waals surface area contributed by atoms with E-state index in [2.05, 4.69) is 15.1 Å². The van der Waals surface area contributed by atoms with Gasteiger partial charge in [-0.25, -0.2) is 9.97 Å². The molecule has 7 heteroatoms. The van der Waals surface area contributed by atoms with Gasteiger partial charge in [-0.15, -0.1) is 11.3 Å². The maximum Gasteiger partial charge on any atom is 0.153 e. The van der Waals surface area contributed by atoms with Crippen molar-refractivity contribution in [3.8, 4) is 0 Å². The Morgan fingerprint density at radius 3 is 3.00 bits per heavy atom. The molecule has 5 nitrogen and oxygen atoms in total. The topological polar surface area (TPSA) is 69.6 Å². The zero-order valence-corrected chi connectivity index (χ0v) is 11.2. The standard InChI is InChI=1S/C11H10ClN5S/c1-6-8(12)4-17(16-6)5-9-14-10(13)7-2-3-18-11(7)15-9/h2-4H,5H2,1H3,(H2,13,14,15). The van der Waals surface area contributed by atoms with Gasteiger partial charge in [0.25, 0.3) is 0 Å². The van der Waals surface area contributed by atoms with Crippen LogP contribution in [0, 0.1) is 6.92 Å². The summed E-state index contributed by atoms with van der Waals surface area (Å²) in [6.07, 6.45) is 1.76. The number of halogens is 1. The van der Waals surface area contributed by atoms with Gasteiger partial charge in [0.2, 0.25) is 0 Å². The monoisotopic (exact) mass is 279 g/mol. The fourth-order valence-electron chi connectivity index (χ4n) is 1.71. The lowest BCUT2D eigenvalue weighted by Gasteiger charge is -2.02. The van der Waals surface area contributed by atoms with E-state index in [1.165, 1.54) is 0 Å². The third kappa shape index (κ3) is 1.93. The molecule has 3 rings (SSSR count). The third-order valence-corrected chi connectivity index (χ3v) is 3.77. The number of nitrogen functional groups attached to an aromatic ring is 1. The predicted octanol–water partition coefficient (Wildman–Crippen LogP) is 2.48. The largest absolute Gasteiger partial charge is 0.383 e. The van der Waals surface area contributed by atoms with Gasteiger partial charge in [0.15, 0.2) is 5.82 Å². The van der Waals surface area contributed by atoms with Crippen molar-refractivity contribution in [2.24, 2.45) is 0 Å². The molecule has 92 valence electrons. The molecule has 3 heterocycles. The lowest BCUT2D eigenvalue weighted by atomic mass is 10.4. The van der Waals surface area contributed by atoms with Crippen LogP contribution in [0.15, 0.2) is 17.6 Å². The minimum Gasteiger partial charge on any atom is -0.383 e.